The number of benzene rings is 3. The number of nitrogens with zero attached hydrogens (tertiary/aromatic N) is 4. The molecule has 59 heavy (non-hydrogen) atoms. The lowest BCUT2D eigenvalue weighted by atomic mass is 9.94. The SMILES string of the molecule is COCCOc1cc(F)cc(F)c1-c1c(-c2nc3c(s2)CN(C(=O)OCc2ccccc2)CC3)nc(-c2ccc3c(c2)CCN(C(=O)OC(C)(C)C)C3)c2c(F)csc12. The maximum atomic E-state index is 16.3. The molecule has 0 bridgehead atoms. The Morgan fingerprint density at radius 2 is 1.61 bits per heavy atom. The van der Waals surface area contributed by atoms with Crippen LogP contribution in [0.25, 0.3) is 43.2 Å². The first-order valence-electron chi connectivity index (χ1n) is 19.1. The second-order valence-electron chi connectivity index (χ2n) is 15.3. The molecule has 15 heteroatoms. The second kappa shape index (κ2) is 16.6. The van der Waals surface area contributed by atoms with Gasteiger partial charge < -0.3 is 28.7 Å². The van der Waals surface area contributed by atoms with Crippen LogP contribution >= 0.6 is 22.7 Å². The van der Waals surface area contributed by atoms with E-state index in [-0.39, 0.29) is 54.3 Å². The third-order valence-corrected chi connectivity index (χ3v) is 12.1. The van der Waals surface area contributed by atoms with Gasteiger partial charge in [-0.05, 0) is 49.9 Å². The van der Waals surface area contributed by atoms with Crippen molar-refractivity contribution < 1.29 is 41.7 Å². The highest BCUT2D eigenvalue weighted by Crippen LogP contribution is 2.49. The lowest BCUT2D eigenvalue weighted by Crippen LogP contribution is -2.39. The molecule has 2 aliphatic heterocycles. The molecule has 2 aliphatic rings. The van der Waals surface area contributed by atoms with Crippen LogP contribution in [0.15, 0.2) is 66.0 Å². The van der Waals surface area contributed by atoms with E-state index in [2.05, 4.69) is 0 Å². The van der Waals surface area contributed by atoms with Crippen LogP contribution in [0, 0.1) is 17.5 Å². The Balaban J connectivity index is 1.22. The number of amides is 2. The van der Waals surface area contributed by atoms with E-state index < -0.39 is 35.2 Å². The zero-order valence-electron chi connectivity index (χ0n) is 32.9. The summed E-state index contributed by atoms with van der Waals surface area (Å²) in [7, 11) is 1.49. The van der Waals surface area contributed by atoms with Gasteiger partial charge in [-0.1, -0.05) is 42.5 Å². The van der Waals surface area contributed by atoms with Crippen LogP contribution in [0.5, 0.6) is 5.75 Å². The molecule has 0 unspecified atom stereocenters. The minimum absolute atomic E-state index is 0.00256. The van der Waals surface area contributed by atoms with Crippen molar-refractivity contribution in [2.24, 2.45) is 0 Å². The number of rotatable bonds is 9. The molecule has 6 aromatic rings. The van der Waals surface area contributed by atoms with Crippen molar-refractivity contribution in [2.75, 3.05) is 33.4 Å². The minimum Gasteiger partial charge on any atom is -0.490 e. The van der Waals surface area contributed by atoms with Crippen molar-refractivity contribution in [2.45, 2.75) is 58.9 Å². The molecule has 0 fully saturated rings. The monoisotopic (exact) mass is 842 g/mol. The van der Waals surface area contributed by atoms with Gasteiger partial charge in [0.1, 0.15) is 52.7 Å². The van der Waals surface area contributed by atoms with E-state index in [9.17, 15) is 14.0 Å². The quantitative estimate of drug-likeness (QED) is 0.133. The van der Waals surface area contributed by atoms with Gasteiger partial charge in [-0.15, -0.1) is 22.7 Å². The van der Waals surface area contributed by atoms with E-state index in [1.807, 2.05) is 69.3 Å². The number of ether oxygens (including phenoxy) is 4. The van der Waals surface area contributed by atoms with E-state index >= 15 is 8.78 Å². The number of hydrogen-bond acceptors (Lipinski definition) is 10. The van der Waals surface area contributed by atoms with Crippen molar-refractivity contribution in [1.82, 2.24) is 19.8 Å². The van der Waals surface area contributed by atoms with Gasteiger partial charge in [0.05, 0.1) is 35.5 Å². The highest BCUT2D eigenvalue weighted by Gasteiger charge is 2.32. The first-order chi connectivity index (χ1) is 28.4. The van der Waals surface area contributed by atoms with Gasteiger partial charge in [-0.25, -0.2) is 32.7 Å². The summed E-state index contributed by atoms with van der Waals surface area (Å²) < 4.78 is 70.0. The van der Waals surface area contributed by atoms with E-state index in [1.54, 1.807) is 9.80 Å². The summed E-state index contributed by atoms with van der Waals surface area (Å²) >= 11 is 2.38. The van der Waals surface area contributed by atoms with Crippen molar-refractivity contribution in [3.05, 3.63) is 111 Å². The molecule has 2 amide bonds. The van der Waals surface area contributed by atoms with Crippen molar-refractivity contribution in [1.29, 1.82) is 0 Å². The maximum Gasteiger partial charge on any atom is 0.410 e. The summed E-state index contributed by atoms with van der Waals surface area (Å²) in [5.74, 6) is -2.41. The van der Waals surface area contributed by atoms with Crippen LogP contribution in [0.3, 0.4) is 0 Å². The Morgan fingerprint density at radius 1 is 0.831 bits per heavy atom. The molecule has 0 radical (unpaired) electrons. The summed E-state index contributed by atoms with van der Waals surface area (Å²) in [6.07, 6.45) is 0.118. The van der Waals surface area contributed by atoms with Crippen LogP contribution in [-0.2, 0) is 46.7 Å². The number of thiazole rings is 1. The summed E-state index contributed by atoms with van der Waals surface area (Å²) in [4.78, 5) is 40.3. The molecule has 10 nitrogen and oxygen atoms in total. The highest BCUT2D eigenvalue weighted by atomic mass is 32.1. The maximum absolute atomic E-state index is 16.3. The molecular formula is C44H41F3N4O6S2. The molecule has 0 N–H and O–H groups in total. The number of carbonyl (C=O) groups is 2. The largest absolute Gasteiger partial charge is 0.490 e. The van der Waals surface area contributed by atoms with E-state index in [0.717, 1.165) is 50.7 Å². The Bertz CT molecular complexity index is 2560. The summed E-state index contributed by atoms with van der Waals surface area (Å²) in [6.45, 7) is 7.15. The smallest absolute Gasteiger partial charge is 0.410 e. The predicted molar refractivity (Wildman–Crippen MR) is 220 cm³/mol. The van der Waals surface area contributed by atoms with E-state index in [1.165, 1.54) is 23.8 Å². The molecule has 0 atom stereocenters. The van der Waals surface area contributed by atoms with Gasteiger partial charge in [0.25, 0.3) is 0 Å². The van der Waals surface area contributed by atoms with E-state index in [4.69, 9.17) is 28.9 Å². The van der Waals surface area contributed by atoms with Crippen LogP contribution in [-0.4, -0.2) is 71.0 Å². The van der Waals surface area contributed by atoms with E-state index in [0.29, 0.717) is 53.4 Å². The predicted octanol–water partition coefficient (Wildman–Crippen LogP) is 10.2. The summed E-state index contributed by atoms with van der Waals surface area (Å²) in [5.41, 5.74) is 4.20. The minimum atomic E-state index is -0.916. The van der Waals surface area contributed by atoms with Crippen molar-refractivity contribution >= 4 is 44.9 Å². The fraction of sp³-hybridized carbons (Fsp3) is 0.318. The molecule has 0 saturated carbocycles. The standard InChI is InChI=1S/C44H41F3N4O6S2/c1-44(2,3)57-43(53)50-14-12-26-18-27(10-11-28(26)21-50)38-36-31(47)24-58-40(36)37(35-30(46)19-29(45)20-33(35)55-17-16-54-4)39(49-38)41-48-32-13-15-51(22-34(32)59-41)42(52)56-23-25-8-6-5-7-9-25/h5-11,18-20,24H,12-17,21-23H2,1-4H3. The number of fused-ring (bicyclic) bond motifs is 3. The number of aromatic nitrogens is 2. The lowest BCUT2D eigenvalue weighted by Gasteiger charge is -2.31. The van der Waals surface area contributed by atoms with Crippen LogP contribution in [0.2, 0.25) is 0 Å². The first kappa shape index (κ1) is 40.3. The molecule has 3 aromatic heterocycles. The summed E-state index contributed by atoms with van der Waals surface area (Å²) in [6, 6.07) is 17.0. The first-order valence-corrected chi connectivity index (χ1v) is 20.8. The topological polar surface area (TPSA) is 103 Å². The van der Waals surface area contributed by atoms with Gasteiger partial charge in [-0.2, -0.15) is 0 Å². The fourth-order valence-corrected chi connectivity index (χ4v) is 9.34. The number of pyridine rings is 1. The van der Waals surface area contributed by atoms with Gasteiger partial charge >= 0.3 is 12.2 Å². The lowest BCUT2D eigenvalue weighted by molar-refractivity contribution is 0.0224. The second-order valence-corrected chi connectivity index (χ2v) is 17.3. The van der Waals surface area contributed by atoms with Crippen LogP contribution in [0.1, 0.15) is 48.0 Å². The molecule has 8 rings (SSSR count). The highest BCUT2D eigenvalue weighted by molar-refractivity contribution is 7.18. The number of halogens is 3. The van der Waals surface area contributed by atoms with Gasteiger partial charge in [0, 0.05) is 71.4 Å². The number of methoxy groups -OCH3 is 1. The molecule has 0 aliphatic carbocycles. The van der Waals surface area contributed by atoms with Crippen molar-refractivity contribution in [3.8, 4) is 38.8 Å². The van der Waals surface area contributed by atoms with Crippen LogP contribution in [0.4, 0.5) is 22.8 Å². The zero-order valence-corrected chi connectivity index (χ0v) is 34.5. The number of thiophene rings is 1. The van der Waals surface area contributed by atoms with Gasteiger partial charge in [0.2, 0.25) is 0 Å². The zero-order chi connectivity index (χ0) is 41.4. The van der Waals surface area contributed by atoms with Gasteiger partial charge in [-0.3, -0.25) is 0 Å². The van der Waals surface area contributed by atoms with Crippen LogP contribution < -0.4 is 4.74 Å². The normalized spacial score (nSPS) is 13.9. The Kier molecular flexibility index (Phi) is 11.3. The third kappa shape index (κ3) is 8.50. The molecule has 0 spiro atoms. The molecular weight excluding hydrogens is 802 g/mol. The molecule has 306 valence electrons. The Morgan fingerprint density at radius 3 is 2.39 bits per heavy atom. The van der Waals surface area contributed by atoms with Crippen molar-refractivity contribution in [3.63, 3.8) is 0 Å². The fourth-order valence-electron chi connectivity index (χ4n) is 7.26. The average molecular weight is 843 g/mol. The number of carbonyl (C=O) groups excluding carboxylic acids is 2. The molecule has 5 heterocycles. The Labute approximate surface area is 347 Å². The third-order valence-electron chi connectivity index (χ3n) is 10.0. The Hall–Kier alpha value is -5.51. The molecule has 0 saturated heterocycles. The summed E-state index contributed by atoms with van der Waals surface area (Å²) in [5, 5.41) is 1.93. The number of hydrogen-bond donors (Lipinski definition) is 0. The average Bonchev–Trinajstić information content (AvgIpc) is 3.82. The van der Waals surface area contributed by atoms with Gasteiger partial charge in [0.15, 0.2) is 0 Å². The molecule has 3 aromatic carbocycles.